The first-order valence-corrected chi connectivity index (χ1v) is 7.34. The van der Waals surface area contributed by atoms with Crippen LogP contribution in [0.1, 0.15) is 5.56 Å². The quantitative estimate of drug-likeness (QED) is 0.621. The lowest BCUT2D eigenvalue weighted by Crippen LogP contribution is -2.00. The van der Waals surface area contributed by atoms with Gasteiger partial charge in [0.25, 0.3) is 0 Å². The zero-order chi connectivity index (χ0) is 13.2. The minimum atomic E-state index is 0.731. The van der Waals surface area contributed by atoms with Crippen molar-refractivity contribution in [3.8, 4) is 0 Å². The van der Waals surface area contributed by atoms with Gasteiger partial charge in [0, 0.05) is 31.8 Å². The van der Waals surface area contributed by atoms with Gasteiger partial charge >= 0.3 is 0 Å². The number of halogens is 2. The summed E-state index contributed by atoms with van der Waals surface area (Å²) >= 11 is 8.22. The van der Waals surface area contributed by atoms with Crippen molar-refractivity contribution in [2.24, 2.45) is 0 Å². The van der Waals surface area contributed by atoms with Crippen molar-refractivity contribution in [1.29, 1.82) is 0 Å². The first-order valence-electron chi connectivity index (χ1n) is 5.88. The molecule has 0 amide bonds. The molecule has 0 spiro atoms. The second kappa shape index (κ2) is 5.43. The zero-order valence-electron chi connectivity index (χ0n) is 9.99. The summed E-state index contributed by atoms with van der Waals surface area (Å²) < 4.78 is 6.63. The van der Waals surface area contributed by atoms with Crippen LogP contribution in [0.3, 0.4) is 0 Å². The Balaban J connectivity index is 1.82. The summed E-state index contributed by atoms with van der Waals surface area (Å²) in [5.74, 6) is 0. The lowest BCUT2D eigenvalue weighted by molar-refractivity contribution is 0.611. The van der Waals surface area contributed by atoms with Crippen LogP contribution in [0.15, 0.2) is 53.1 Å². The van der Waals surface area contributed by atoms with Crippen LogP contribution in [0.25, 0.3) is 11.0 Å². The molecule has 3 rings (SSSR count). The van der Waals surface area contributed by atoms with Gasteiger partial charge in [0.05, 0.1) is 6.26 Å². The van der Waals surface area contributed by atoms with Gasteiger partial charge in [-0.15, -0.1) is 0 Å². The van der Waals surface area contributed by atoms with Crippen molar-refractivity contribution >= 4 is 50.8 Å². The van der Waals surface area contributed by atoms with Crippen LogP contribution in [0.5, 0.6) is 0 Å². The summed E-state index contributed by atoms with van der Waals surface area (Å²) in [6.07, 6.45) is 1.81. The third kappa shape index (κ3) is 2.72. The highest BCUT2D eigenvalue weighted by molar-refractivity contribution is 14.1. The van der Waals surface area contributed by atoms with E-state index in [0.29, 0.717) is 0 Å². The molecule has 2 nitrogen and oxygen atoms in total. The van der Waals surface area contributed by atoms with E-state index in [1.807, 2.05) is 36.4 Å². The lowest BCUT2D eigenvalue weighted by Gasteiger charge is -2.07. The molecule has 1 N–H and O–H groups in total. The van der Waals surface area contributed by atoms with Crippen LogP contribution >= 0.6 is 34.2 Å². The molecule has 0 atom stereocenters. The van der Waals surface area contributed by atoms with Crippen molar-refractivity contribution in [2.45, 2.75) is 6.54 Å². The number of rotatable bonds is 3. The molecule has 0 aliphatic heterocycles. The van der Waals surface area contributed by atoms with E-state index in [4.69, 9.17) is 16.0 Å². The third-order valence-electron chi connectivity index (χ3n) is 2.96. The summed E-state index contributed by atoms with van der Waals surface area (Å²) in [5, 5.41) is 5.31. The largest absolute Gasteiger partial charge is 0.464 e. The minimum absolute atomic E-state index is 0.731. The number of benzene rings is 2. The van der Waals surface area contributed by atoms with Gasteiger partial charge in [-0.25, -0.2) is 0 Å². The van der Waals surface area contributed by atoms with Gasteiger partial charge in [-0.2, -0.15) is 0 Å². The predicted molar refractivity (Wildman–Crippen MR) is 87.7 cm³/mol. The maximum atomic E-state index is 5.95. The van der Waals surface area contributed by atoms with Crippen molar-refractivity contribution in [2.75, 3.05) is 5.32 Å². The fourth-order valence-electron chi connectivity index (χ4n) is 1.99. The molecule has 0 bridgehead atoms. The maximum Gasteiger partial charge on any atom is 0.134 e. The molecular weight excluding hydrogens is 373 g/mol. The standard InChI is InChI=1S/C15H11ClINO/c16-11-5-6-14(13(17)7-11)18-8-10-9-19-15-4-2-1-3-12(10)15/h1-7,9,18H,8H2. The number of fused-ring (bicyclic) bond motifs is 1. The van der Waals surface area contributed by atoms with Crippen LogP contribution < -0.4 is 5.32 Å². The molecule has 3 aromatic rings. The fourth-order valence-corrected chi connectivity index (χ4v) is 3.06. The number of anilines is 1. The summed E-state index contributed by atoms with van der Waals surface area (Å²) in [7, 11) is 0. The Morgan fingerprint density at radius 2 is 2.00 bits per heavy atom. The lowest BCUT2D eigenvalue weighted by atomic mass is 10.2. The van der Waals surface area contributed by atoms with Crippen LogP contribution in [0.4, 0.5) is 5.69 Å². The molecule has 4 heteroatoms. The summed E-state index contributed by atoms with van der Waals surface area (Å²) in [5.41, 5.74) is 3.15. The number of hydrogen-bond donors (Lipinski definition) is 1. The highest BCUT2D eigenvalue weighted by Gasteiger charge is 2.06. The Morgan fingerprint density at radius 1 is 1.16 bits per heavy atom. The van der Waals surface area contributed by atoms with Crippen LogP contribution in [-0.4, -0.2) is 0 Å². The molecule has 0 saturated carbocycles. The van der Waals surface area contributed by atoms with E-state index in [1.165, 1.54) is 0 Å². The van der Waals surface area contributed by atoms with E-state index in [9.17, 15) is 0 Å². The van der Waals surface area contributed by atoms with E-state index < -0.39 is 0 Å². The highest BCUT2D eigenvalue weighted by atomic mass is 127. The third-order valence-corrected chi connectivity index (χ3v) is 4.09. The summed E-state index contributed by atoms with van der Waals surface area (Å²) in [6, 6.07) is 13.9. The van der Waals surface area contributed by atoms with Gasteiger partial charge in [-0.05, 0) is 46.9 Å². The molecular formula is C15H11ClINO. The van der Waals surface area contributed by atoms with E-state index in [0.717, 1.165) is 37.4 Å². The zero-order valence-corrected chi connectivity index (χ0v) is 12.9. The van der Waals surface area contributed by atoms with Crippen LogP contribution in [0.2, 0.25) is 5.02 Å². The minimum Gasteiger partial charge on any atom is -0.464 e. The Kier molecular flexibility index (Phi) is 3.66. The van der Waals surface area contributed by atoms with Gasteiger partial charge < -0.3 is 9.73 Å². The van der Waals surface area contributed by atoms with Gasteiger partial charge in [0.1, 0.15) is 5.58 Å². The Bertz CT molecular complexity index is 723. The van der Waals surface area contributed by atoms with Crippen molar-refractivity contribution in [3.05, 3.63) is 62.9 Å². The molecule has 2 aromatic carbocycles. The normalized spacial score (nSPS) is 10.8. The second-order valence-corrected chi connectivity index (χ2v) is 5.83. The van der Waals surface area contributed by atoms with E-state index in [-0.39, 0.29) is 0 Å². The van der Waals surface area contributed by atoms with Crippen molar-refractivity contribution in [3.63, 3.8) is 0 Å². The molecule has 19 heavy (non-hydrogen) atoms. The van der Waals surface area contributed by atoms with Gasteiger partial charge in [-0.3, -0.25) is 0 Å². The Morgan fingerprint density at radius 3 is 2.84 bits per heavy atom. The summed E-state index contributed by atoms with van der Waals surface area (Å²) in [4.78, 5) is 0. The average Bonchev–Trinajstić information content (AvgIpc) is 2.81. The number of furan rings is 1. The first-order chi connectivity index (χ1) is 9.24. The fraction of sp³-hybridized carbons (Fsp3) is 0.0667. The maximum absolute atomic E-state index is 5.95. The SMILES string of the molecule is Clc1ccc(NCc2coc3ccccc23)c(I)c1. The number of hydrogen-bond acceptors (Lipinski definition) is 2. The van der Waals surface area contributed by atoms with E-state index >= 15 is 0 Å². The van der Waals surface area contributed by atoms with Crippen LogP contribution in [0, 0.1) is 3.57 Å². The molecule has 0 radical (unpaired) electrons. The Hall–Kier alpha value is -1.20. The number of nitrogens with one attached hydrogen (secondary N) is 1. The Labute approximate surface area is 129 Å². The van der Waals surface area contributed by atoms with Gasteiger partial charge in [0.2, 0.25) is 0 Å². The molecule has 1 heterocycles. The highest BCUT2D eigenvalue weighted by Crippen LogP contribution is 2.25. The summed E-state index contributed by atoms with van der Waals surface area (Å²) in [6.45, 7) is 0.731. The molecule has 1 aromatic heterocycles. The van der Waals surface area contributed by atoms with Crippen molar-refractivity contribution < 1.29 is 4.42 Å². The van der Waals surface area contributed by atoms with Crippen LogP contribution in [-0.2, 0) is 6.54 Å². The molecule has 0 unspecified atom stereocenters. The first kappa shape index (κ1) is 12.8. The van der Waals surface area contributed by atoms with E-state index in [2.05, 4.69) is 34.0 Å². The monoisotopic (exact) mass is 383 g/mol. The molecule has 0 aliphatic rings. The number of para-hydroxylation sites is 1. The smallest absolute Gasteiger partial charge is 0.134 e. The topological polar surface area (TPSA) is 25.2 Å². The molecule has 0 saturated heterocycles. The molecule has 96 valence electrons. The predicted octanol–water partition coefficient (Wildman–Crippen LogP) is 5.30. The average molecular weight is 384 g/mol. The van der Waals surface area contributed by atoms with E-state index in [1.54, 1.807) is 6.26 Å². The molecule has 0 aliphatic carbocycles. The van der Waals surface area contributed by atoms with Crippen molar-refractivity contribution in [1.82, 2.24) is 0 Å². The molecule has 0 fully saturated rings. The second-order valence-electron chi connectivity index (χ2n) is 4.23. The van der Waals surface area contributed by atoms with Gasteiger partial charge in [-0.1, -0.05) is 29.8 Å². The van der Waals surface area contributed by atoms with Gasteiger partial charge in [0.15, 0.2) is 0 Å².